The van der Waals surface area contributed by atoms with Crippen LogP contribution in [0.25, 0.3) is 0 Å². The van der Waals surface area contributed by atoms with Gasteiger partial charge < -0.3 is 5.32 Å². The SMILES string of the molecule is Cc1c(NC2CCCC3CC32)cccc1[N+](=O)[O-]. The van der Waals surface area contributed by atoms with E-state index in [4.69, 9.17) is 0 Å². The summed E-state index contributed by atoms with van der Waals surface area (Å²) in [4.78, 5) is 10.6. The van der Waals surface area contributed by atoms with Gasteiger partial charge in [0.05, 0.1) is 4.92 Å². The van der Waals surface area contributed by atoms with E-state index in [0.29, 0.717) is 6.04 Å². The molecule has 18 heavy (non-hydrogen) atoms. The molecule has 4 heteroatoms. The molecule has 2 fully saturated rings. The number of nitrogens with zero attached hydrogens (tertiary/aromatic N) is 1. The Bertz CT molecular complexity index is 487. The summed E-state index contributed by atoms with van der Waals surface area (Å²) in [5.41, 5.74) is 1.90. The molecule has 0 amide bonds. The van der Waals surface area contributed by atoms with Crippen molar-refractivity contribution < 1.29 is 4.92 Å². The predicted octanol–water partition coefficient (Wildman–Crippen LogP) is 3.50. The summed E-state index contributed by atoms with van der Waals surface area (Å²) in [5.74, 6) is 1.72. The van der Waals surface area contributed by atoms with E-state index in [1.165, 1.54) is 25.7 Å². The van der Waals surface area contributed by atoms with Gasteiger partial charge in [0.2, 0.25) is 0 Å². The highest BCUT2D eigenvalue weighted by molar-refractivity contribution is 5.60. The molecule has 3 unspecified atom stereocenters. The van der Waals surface area contributed by atoms with E-state index in [9.17, 15) is 10.1 Å². The molecule has 3 atom stereocenters. The molecule has 0 aromatic heterocycles. The number of fused-ring (bicyclic) bond motifs is 1. The Kier molecular flexibility index (Phi) is 2.73. The molecule has 2 aliphatic rings. The fourth-order valence-corrected chi connectivity index (χ4v) is 3.27. The Morgan fingerprint density at radius 1 is 1.39 bits per heavy atom. The zero-order chi connectivity index (χ0) is 12.7. The van der Waals surface area contributed by atoms with Gasteiger partial charge in [-0.2, -0.15) is 0 Å². The van der Waals surface area contributed by atoms with Crippen molar-refractivity contribution in [2.75, 3.05) is 5.32 Å². The van der Waals surface area contributed by atoms with Gasteiger partial charge in [-0.05, 0) is 37.7 Å². The van der Waals surface area contributed by atoms with Crippen LogP contribution >= 0.6 is 0 Å². The van der Waals surface area contributed by atoms with Crippen molar-refractivity contribution in [3.8, 4) is 0 Å². The molecule has 2 saturated carbocycles. The van der Waals surface area contributed by atoms with Crippen LogP contribution in [0.4, 0.5) is 11.4 Å². The normalized spacial score (nSPS) is 29.5. The van der Waals surface area contributed by atoms with E-state index >= 15 is 0 Å². The maximum atomic E-state index is 10.9. The van der Waals surface area contributed by atoms with Crippen molar-refractivity contribution in [2.24, 2.45) is 11.8 Å². The second kappa shape index (κ2) is 4.26. The quantitative estimate of drug-likeness (QED) is 0.656. The summed E-state index contributed by atoms with van der Waals surface area (Å²) in [7, 11) is 0. The number of hydrogen-bond acceptors (Lipinski definition) is 3. The van der Waals surface area contributed by atoms with Gasteiger partial charge in [-0.15, -0.1) is 0 Å². The number of rotatable bonds is 3. The lowest BCUT2D eigenvalue weighted by atomic mass is 9.95. The number of anilines is 1. The third-order valence-electron chi connectivity index (χ3n) is 4.43. The summed E-state index contributed by atoms with van der Waals surface area (Å²) in [6.45, 7) is 1.83. The molecule has 0 heterocycles. The molecule has 2 aliphatic carbocycles. The maximum absolute atomic E-state index is 10.9. The van der Waals surface area contributed by atoms with Gasteiger partial charge in [0.1, 0.15) is 0 Å². The fraction of sp³-hybridized carbons (Fsp3) is 0.571. The first-order valence-electron chi connectivity index (χ1n) is 6.67. The second-order valence-corrected chi connectivity index (χ2v) is 5.55. The summed E-state index contributed by atoms with van der Waals surface area (Å²) in [5, 5.41) is 14.4. The topological polar surface area (TPSA) is 55.2 Å². The molecule has 4 nitrogen and oxygen atoms in total. The number of nitro benzene ring substituents is 1. The molecule has 1 aromatic carbocycles. The van der Waals surface area contributed by atoms with Crippen molar-refractivity contribution in [3.63, 3.8) is 0 Å². The van der Waals surface area contributed by atoms with Gasteiger partial charge >= 0.3 is 0 Å². The minimum Gasteiger partial charge on any atom is -0.382 e. The number of benzene rings is 1. The molecule has 96 valence electrons. The standard InChI is InChI=1S/C14H18N2O2/c1-9-12(5-3-7-14(9)16(17)18)15-13-6-2-4-10-8-11(10)13/h3,5,7,10-11,13,15H,2,4,6,8H2,1H3. The Morgan fingerprint density at radius 3 is 3.00 bits per heavy atom. The Labute approximate surface area is 107 Å². The maximum Gasteiger partial charge on any atom is 0.274 e. The largest absolute Gasteiger partial charge is 0.382 e. The zero-order valence-electron chi connectivity index (χ0n) is 10.6. The first-order chi connectivity index (χ1) is 8.66. The lowest BCUT2D eigenvalue weighted by Crippen LogP contribution is -2.25. The molecule has 0 radical (unpaired) electrons. The van der Waals surface area contributed by atoms with Crippen LogP contribution < -0.4 is 5.32 Å². The van der Waals surface area contributed by atoms with E-state index in [1.54, 1.807) is 12.1 Å². The molecule has 1 N–H and O–H groups in total. The van der Waals surface area contributed by atoms with Crippen molar-refractivity contribution in [2.45, 2.75) is 38.6 Å². The summed E-state index contributed by atoms with van der Waals surface area (Å²) < 4.78 is 0. The lowest BCUT2D eigenvalue weighted by Gasteiger charge is -2.24. The van der Waals surface area contributed by atoms with E-state index < -0.39 is 0 Å². The predicted molar refractivity (Wildman–Crippen MR) is 70.7 cm³/mol. The Balaban J connectivity index is 1.80. The van der Waals surface area contributed by atoms with Gasteiger partial charge in [-0.25, -0.2) is 0 Å². The van der Waals surface area contributed by atoms with Crippen molar-refractivity contribution in [1.82, 2.24) is 0 Å². The lowest BCUT2D eigenvalue weighted by molar-refractivity contribution is -0.385. The van der Waals surface area contributed by atoms with E-state index in [2.05, 4.69) is 5.32 Å². The number of nitro groups is 1. The van der Waals surface area contributed by atoms with Gasteiger partial charge in [0, 0.05) is 23.4 Å². The van der Waals surface area contributed by atoms with Crippen LogP contribution in [0, 0.1) is 28.9 Å². The average Bonchev–Trinajstić information content (AvgIpc) is 3.11. The number of hydrogen-bond donors (Lipinski definition) is 1. The smallest absolute Gasteiger partial charge is 0.274 e. The van der Waals surface area contributed by atoms with Gasteiger partial charge in [0.15, 0.2) is 0 Å². The van der Waals surface area contributed by atoms with Crippen LogP contribution in [-0.4, -0.2) is 11.0 Å². The molecule has 0 spiro atoms. The second-order valence-electron chi connectivity index (χ2n) is 5.55. The van der Waals surface area contributed by atoms with E-state index in [-0.39, 0.29) is 10.6 Å². The zero-order valence-corrected chi connectivity index (χ0v) is 10.6. The summed E-state index contributed by atoms with van der Waals surface area (Å²) >= 11 is 0. The van der Waals surface area contributed by atoms with Crippen LogP contribution in [-0.2, 0) is 0 Å². The molecular formula is C14H18N2O2. The highest BCUT2D eigenvalue weighted by Gasteiger charge is 2.45. The molecule has 3 rings (SSSR count). The van der Waals surface area contributed by atoms with Crippen LogP contribution in [0.5, 0.6) is 0 Å². The fourth-order valence-electron chi connectivity index (χ4n) is 3.27. The Morgan fingerprint density at radius 2 is 2.22 bits per heavy atom. The van der Waals surface area contributed by atoms with Gasteiger partial charge in [-0.1, -0.05) is 18.9 Å². The minimum atomic E-state index is -0.304. The Hall–Kier alpha value is -1.58. The van der Waals surface area contributed by atoms with Crippen LogP contribution in [0.2, 0.25) is 0 Å². The monoisotopic (exact) mass is 246 g/mol. The minimum absolute atomic E-state index is 0.211. The molecule has 0 bridgehead atoms. The molecule has 0 aliphatic heterocycles. The molecule has 1 aromatic rings. The summed E-state index contributed by atoms with van der Waals surface area (Å²) in [6, 6.07) is 5.81. The first kappa shape index (κ1) is 11.5. The van der Waals surface area contributed by atoms with Crippen molar-refractivity contribution in [1.29, 1.82) is 0 Å². The number of nitrogens with one attached hydrogen (secondary N) is 1. The van der Waals surface area contributed by atoms with Crippen LogP contribution in [0.1, 0.15) is 31.2 Å². The van der Waals surface area contributed by atoms with E-state index in [1.807, 2.05) is 13.0 Å². The average molecular weight is 246 g/mol. The van der Waals surface area contributed by atoms with Crippen molar-refractivity contribution >= 4 is 11.4 Å². The first-order valence-corrected chi connectivity index (χ1v) is 6.67. The van der Waals surface area contributed by atoms with E-state index in [0.717, 1.165) is 23.1 Å². The third-order valence-corrected chi connectivity index (χ3v) is 4.43. The van der Waals surface area contributed by atoms with Crippen molar-refractivity contribution in [3.05, 3.63) is 33.9 Å². The van der Waals surface area contributed by atoms with Crippen LogP contribution in [0.15, 0.2) is 18.2 Å². The van der Waals surface area contributed by atoms with Crippen LogP contribution in [0.3, 0.4) is 0 Å². The third kappa shape index (κ3) is 1.96. The van der Waals surface area contributed by atoms with Gasteiger partial charge in [-0.3, -0.25) is 10.1 Å². The molecule has 0 saturated heterocycles. The summed E-state index contributed by atoms with van der Waals surface area (Å²) in [6.07, 6.45) is 5.19. The highest BCUT2D eigenvalue weighted by Crippen LogP contribution is 2.50. The van der Waals surface area contributed by atoms with Gasteiger partial charge in [0.25, 0.3) is 5.69 Å². The highest BCUT2D eigenvalue weighted by atomic mass is 16.6. The molecular weight excluding hydrogens is 228 g/mol.